The molecule has 0 amide bonds. The van der Waals surface area contributed by atoms with E-state index in [9.17, 15) is 4.79 Å². The van der Waals surface area contributed by atoms with Gasteiger partial charge in [-0.25, -0.2) is 4.79 Å². The molecule has 1 heterocycles. The van der Waals surface area contributed by atoms with Crippen LogP contribution in [0.1, 0.15) is 34.7 Å². The summed E-state index contributed by atoms with van der Waals surface area (Å²) < 4.78 is 5.61. The second kappa shape index (κ2) is 8.59. The van der Waals surface area contributed by atoms with E-state index in [0.29, 0.717) is 17.4 Å². The van der Waals surface area contributed by atoms with Gasteiger partial charge in [0.25, 0.3) is 0 Å². The smallest absolute Gasteiger partial charge is 0.335 e. The Balaban J connectivity index is 1.35. The highest BCUT2D eigenvalue weighted by Crippen LogP contribution is 2.31. The van der Waals surface area contributed by atoms with Crippen LogP contribution in [0.25, 0.3) is 22.2 Å². The summed E-state index contributed by atoms with van der Waals surface area (Å²) in [6, 6.07) is 28.8. The predicted octanol–water partition coefficient (Wildman–Crippen LogP) is 6.48. The van der Waals surface area contributed by atoms with E-state index in [1.165, 1.54) is 10.8 Å². The van der Waals surface area contributed by atoms with Gasteiger partial charge in [0.15, 0.2) is 0 Å². The van der Waals surface area contributed by atoms with Crippen LogP contribution in [0.5, 0.6) is 0 Å². The van der Waals surface area contributed by atoms with E-state index < -0.39 is 5.97 Å². The van der Waals surface area contributed by atoms with E-state index in [-0.39, 0.29) is 11.5 Å². The molecule has 0 fully saturated rings. The number of fused-ring (bicyclic) bond motifs is 1. The number of benzene rings is 4. The van der Waals surface area contributed by atoms with Gasteiger partial charge in [-0.15, -0.1) is 0 Å². The molecule has 6 heteroatoms. The molecule has 1 unspecified atom stereocenters. The molecule has 0 spiro atoms. The Morgan fingerprint density at radius 2 is 1.67 bits per heavy atom. The number of rotatable bonds is 6. The third-order valence-electron chi connectivity index (χ3n) is 5.64. The molecule has 162 valence electrons. The SMILES string of the molecule is CC(c1nc(-c2ccc(Nc3cccc(C(=O)O)c3)cc2)no1)c1cccc2ccccc12. The molecule has 5 rings (SSSR count). The van der Waals surface area contributed by atoms with Crippen molar-refractivity contribution in [3.05, 3.63) is 108 Å². The molecule has 0 aliphatic heterocycles. The number of carboxylic acid groups (broad SMARTS) is 1. The van der Waals surface area contributed by atoms with Gasteiger partial charge >= 0.3 is 5.97 Å². The molecule has 0 saturated carbocycles. The average molecular weight is 435 g/mol. The third kappa shape index (κ3) is 4.19. The Labute approximate surface area is 190 Å². The highest BCUT2D eigenvalue weighted by atomic mass is 16.5. The van der Waals surface area contributed by atoms with Crippen LogP contribution in [0.2, 0.25) is 0 Å². The summed E-state index contributed by atoms with van der Waals surface area (Å²) in [5.74, 6) is 0.0880. The normalized spacial score (nSPS) is 11.9. The molecule has 0 bridgehead atoms. The van der Waals surface area contributed by atoms with Crippen molar-refractivity contribution in [1.82, 2.24) is 10.1 Å². The Morgan fingerprint density at radius 3 is 2.48 bits per heavy atom. The Morgan fingerprint density at radius 1 is 0.909 bits per heavy atom. The lowest BCUT2D eigenvalue weighted by atomic mass is 9.95. The summed E-state index contributed by atoms with van der Waals surface area (Å²) in [5.41, 5.74) is 3.74. The molecule has 1 atom stereocenters. The summed E-state index contributed by atoms with van der Waals surface area (Å²) in [6.45, 7) is 2.07. The number of carbonyl (C=O) groups is 1. The van der Waals surface area contributed by atoms with Gasteiger partial charge in [-0.05, 0) is 65.7 Å². The summed E-state index contributed by atoms with van der Waals surface area (Å²) in [4.78, 5) is 15.8. The minimum absolute atomic E-state index is 0.0419. The van der Waals surface area contributed by atoms with Crippen LogP contribution < -0.4 is 5.32 Å². The number of aromatic carboxylic acids is 1. The van der Waals surface area contributed by atoms with E-state index in [2.05, 4.69) is 46.6 Å². The zero-order valence-electron chi connectivity index (χ0n) is 17.9. The summed E-state index contributed by atoms with van der Waals surface area (Å²) in [6.07, 6.45) is 0. The first kappa shape index (κ1) is 20.5. The largest absolute Gasteiger partial charge is 0.478 e. The first-order valence-corrected chi connectivity index (χ1v) is 10.6. The quantitative estimate of drug-likeness (QED) is 0.317. The van der Waals surface area contributed by atoms with Gasteiger partial charge < -0.3 is 14.9 Å². The molecular formula is C27H21N3O3. The number of hydrogen-bond donors (Lipinski definition) is 2. The number of aromatic nitrogens is 2. The van der Waals surface area contributed by atoms with Crippen LogP contribution in [-0.4, -0.2) is 21.2 Å². The molecular weight excluding hydrogens is 414 g/mol. The van der Waals surface area contributed by atoms with E-state index in [4.69, 9.17) is 9.63 Å². The lowest BCUT2D eigenvalue weighted by Gasteiger charge is -2.10. The van der Waals surface area contributed by atoms with Crippen molar-refractivity contribution < 1.29 is 14.4 Å². The van der Waals surface area contributed by atoms with Gasteiger partial charge in [0.2, 0.25) is 11.7 Å². The van der Waals surface area contributed by atoms with Gasteiger partial charge in [0.1, 0.15) is 0 Å². The first-order valence-electron chi connectivity index (χ1n) is 10.6. The summed E-state index contributed by atoms with van der Waals surface area (Å²) in [7, 11) is 0. The van der Waals surface area contributed by atoms with E-state index in [0.717, 1.165) is 16.8 Å². The number of hydrogen-bond acceptors (Lipinski definition) is 5. The van der Waals surface area contributed by atoms with Crippen molar-refractivity contribution in [3.63, 3.8) is 0 Å². The molecule has 0 aliphatic rings. The summed E-state index contributed by atoms with van der Waals surface area (Å²) >= 11 is 0. The van der Waals surface area contributed by atoms with Crippen LogP contribution in [-0.2, 0) is 0 Å². The standard InChI is InChI=1S/C27H21N3O3/c1-17(23-11-5-7-18-6-2-3-10-24(18)23)26-29-25(30-33-26)19-12-14-21(15-13-19)28-22-9-4-8-20(16-22)27(31)32/h2-17,28H,1H3,(H,31,32). The van der Waals surface area contributed by atoms with Crippen molar-refractivity contribution in [2.75, 3.05) is 5.32 Å². The van der Waals surface area contributed by atoms with Gasteiger partial charge in [-0.2, -0.15) is 4.98 Å². The van der Waals surface area contributed by atoms with Crippen molar-refractivity contribution >= 4 is 28.1 Å². The fourth-order valence-electron chi connectivity index (χ4n) is 3.89. The van der Waals surface area contributed by atoms with E-state index >= 15 is 0 Å². The highest BCUT2D eigenvalue weighted by molar-refractivity contribution is 5.89. The Hall–Kier alpha value is -4.45. The van der Waals surface area contributed by atoms with Crippen molar-refractivity contribution in [2.45, 2.75) is 12.8 Å². The van der Waals surface area contributed by atoms with Crippen molar-refractivity contribution in [1.29, 1.82) is 0 Å². The first-order chi connectivity index (χ1) is 16.1. The fraction of sp³-hybridized carbons (Fsp3) is 0.0741. The maximum absolute atomic E-state index is 11.2. The topological polar surface area (TPSA) is 88.2 Å². The maximum atomic E-state index is 11.2. The number of nitrogens with one attached hydrogen (secondary N) is 1. The van der Waals surface area contributed by atoms with Crippen LogP contribution in [0, 0.1) is 0 Å². The lowest BCUT2D eigenvalue weighted by molar-refractivity contribution is 0.0697. The Bertz CT molecular complexity index is 1440. The van der Waals surface area contributed by atoms with Crippen LogP contribution in [0.15, 0.2) is 95.5 Å². The van der Waals surface area contributed by atoms with Crippen molar-refractivity contribution in [2.24, 2.45) is 0 Å². The van der Waals surface area contributed by atoms with Crippen molar-refractivity contribution in [3.8, 4) is 11.4 Å². The van der Waals surface area contributed by atoms with E-state index in [1.54, 1.807) is 18.2 Å². The van der Waals surface area contributed by atoms with Gasteiger partial charge in [0, 0.05) is 16.9 Å². The maximum Gasteiger partial charge on any atom is 0.335 e. The van der Waals surface area contributed by atoms with Gasteiger partial charge in [0.05, 0.1) is 11.5 Å². The van der Waals surface area contributed by atoms with Crippen LogP contribution in [0.4, 0.5) is 11.4 Å². The van der Waals surface area contributed by atoms with Gasteiger partial charge in [-0.1, -0.05) is 53.7 Å². The minimum atomic E-state index is -0.959. The number of anilines is 2. The third-order valence-corrected chi connectivity index (χ3v) is 5.64. The molecule has 5 aromatic rings. The van der Waals surface area contributed by atoms with Gasteiger partial charge in [-0.3, -0.25) is 0 Å². The molecule has 33 heavy (non-hydrogen) atoms. The number of carboxylic acids is 1. The second-order valence-corrected chi connectivity index (χ2v) is 7.83. The van der Waals surface area contributed by atoms with Crippen LogP contribution >= 0.6 is 0 Å². The lowest BCUT2D eigenvalue weighted by Crippen LogP contribution is -1.98. The predicted molar refractivity (Wildman–Crippen MR) is 128 cm³/mol. The Kier molecular flexibility index (Phi) is 5.32. The molecule has 6 nitrogen and oxygen atoms in total. The minimum Gasteiger partial charge on any atom is -0.478 e. The molecule has 0 aliphatic carbocycles. The highest BCUT2D eigenvalue weighted by Gasteiger charge is 2.19. The zero-order chi connectivity index (χ0) is 22.8. The molecule has 0 radical (unpaired) electrons. The fourth-order valence-corrected chi connectivity index (χ4v) is 3.89. The molecule has 2 N–H and O–H groups in total. The monoisotopic (exact) mass is 435 g/mol. The second-order valence-electron chi connectivity index (χ2n) is 7.83. The molecule has 0 saturated heterocycles. The molecule has 1 aromatic heterocycles. The van der Waals surface area contributed by atoms with Crippen LogP contribution in [0.3, 0.4) is 0 Å². The summed E-state index contributed by atoms with van der Waals surface area (Å²) in [5, 5.41) is 18.9. The number of nitrogens with zero attached hydrogens (tertiary/aromatic N) is 2. The average Bonchev–Trinajstić information content (AvgIpc) is 3.34. The zero-order valence-corrected chi connectivity index (χ0v) is 17.9. The molecule has 4 aromatic carbocycles. The van der Waals surface area contributed by atoms with E-state index in [1.807, 2.05) is 48.5 Å².